The maximum absolute atomic E-state index is 12.3. The van der Waals surface area contributed by atoms with Crippen LogP contribution in [0.25, 0.3) is 0 Å². The van der Waals surface area contributed by atoms with Crippen molar-refractivity contribution in [2.45, 2.75) is 46.6 Å². The molecule has 0 aliphatic carbocycles. The fraction of sp³-hybridized carbons (Fsp3) is 0.389. The molecule has 5 nitrogen and oxygen atoms in total. The minimum atomic E-state index is -0.175. The van der Waals surface area contributed by atoms with E-state index in [0.29, 0.717) is 11.4 Å². The molecule has 0 saturated heterocycles. The summed E-state index contributed by atoms with van der Waals surface area (Å²) in [4.78, 5) is 24.4. The SMILES string of the molecule is Cc1ccc(C)c(C(=O)CCC(=O)Nc2ccnn2C(C)C)c1. The molecule has 1 heterocycles. The van der Waals surface area contributed by atoms with Crippen LogP contribution in [0.15, 0.2) is 30.5 Å². The smallest absolute Gasteiger partial charge is 0.225 e. The van der Waals surface area contributed by atoms with E-state index in [1.165, 1.54) is 0 Å². The lowest BCUT2D eigenvalue weighted by atomic mass is 9.99. The zero-order valence-electron chi connectivity index (χ0n) is 14.1. The molecule has 0 radical (unpaired) electrons. The number of nitrogens with one attached hydrogen (secondary N) is 1. The zero-order chi connectivity index (χ0) is 17.0. The van der Waals surface area contributed by atoms with Gasteiger partial charge in [-0.2, -0.15) is 5.10 Å². The topological polar surface area (TPSA) is 64.0 Å². The fourth-order valence-corrected chi connectivity index (χ4v) is 2.43. The van der Waals surface area contributed by atoms with Gasteiger partial charge in [0.15, 0.2) is 5.78 Å². The number of hydrogen-bond acceptors (Lipinski definition) is 3. The summed E-state index contributed by atoms with van der Waals surface area (Å²) in [5.74, 6) is 0.481. The second-order valence-electron chi connectivity index (χ2n) is 6.04. The lowest BCUT2D eigenvalue weighted by molar-refractivity contribution is -0.116. The van der Waals surface area contributed by atoms with Gasteiger partial charge in [0.05, 0.1) is 6.20 Å². The van der Waals surface area contributed by atoms with Crippen LogP contribution in [-0.2, 0) is 4.79 Å². The normalized spacial score (nSPS) is 10.8. The van der Waals surface area contributed by atoms with Crippen molar-refractivity contribution < 1.29 is 9.59 Å². The molecule has 1 aromatic heterocycles. The average Bonchev–Trinajstić information content (AvgIpc) is 2.95. The van der Waals surface area contributed by atoms with E-state index in [1.807, 2.05) is 45.9 Å². The molecule has 0 unspecified atom stereocenters. The molecule has 0 fully saturated rings. The van der Waals surface area contributed by atoms with Gasteiger partial charge in [0, 0.05) is 30.5 Å². The summed E-state index contributed by atoms with van der Waals surface area (Å²) >= 11 is 0. The Balaban J connectivity index is 1.95. The summed E-state index contributed by atoms with van der Waals surface area (Å²) in [7, 11) is 0. The Kier molecular flexibility index (Phi) is 5.32. The van der Waals surface area contributed by atoms with E-state index in [2.05, 4.69) is 10.4 Å². The Morgan fingerprint density at radius 3 is 2.61 bits per heavy atom. The van der Waals surface area contributed by atoms with Gasteiger partial charge in [-0.15, -0.1) is 0 Å². The van der Waals surface area contributed by atoms with Gasteiger partial charge in [-0.1, -0.05) is 17.7 Å². The molecule has 1 aromatic carbocycles. The highest BCUT2D eigenvalue weighted by Crippen LogP contribution is 2.16. The molecule has 0 bridgehead atoms. The lowest BCUT2D eigenvalue weighted by Gasteiger charge is -2.11. The van der Waals surface area contributed by atoms with Gasteiger partial charge < -0.3 is 5.32 Å². The van der Waals surface area contributed by atoms with Crippen molar-refractivity contribution in [3.8, 4) is 0 Å². The summed E-state index contributed by atoms with van der Waals surface area (Å²) in [5, 5.41) is 6.98. The predicted molar refractivity (Wildman–Crippen MR) is 90.7 cm³/mol. The van der Waals surface area contributed by atoms with Crippen LogP contribution in [0.3, 0.4) is 0 Å². The number of amides is 1. The highest BCUT2D eigenvalue weighted by atomic mass is 16.2. The van der Waals surface area contributed by atoms with Crippen LogP contribution >= 0.6 is 0 Å². The van der Waals surface area contributed by atoms with Gasteiger partial charge in [-0.05, 0) is 39.3 Å². The van der Waals surface area contributed by atoms with Gasteiger partial charge in [0.2, 0.25) is 5.91 Å². The largest absolute Gasteiger partial charge is 0.311 e. The quantitative estimate of drug-likeness (QED) is 0.827. The second-order valence-corrected chi connectivity index (χ2v) is 6.04. The number of hydrogen-bond donors (Lipinski definition) is 1. The van der Waals surface area contributed by atoms with Gasteiger partial charge in [0.1, 0.15) is 5.82 Å². The van der Waals surface area contributed by atoms with Gasteiger partial charge in [-0.25, -0.2) is 4.68 Å². The monoisotopic (exact) mass is 313 g/mol. The standard InChI is InChI=1S/C18H23N3O2/c1-12(2)21-17(9-10-19-21)20-18(23)8-7-16(22)15-11-13(3)5-6-14(15)4/h5-6,9-12H,7-8H2,1-4H3,(H,20,23). The summed E-state index contributed by atoms with van der Waals surface area (Å²) < 4.78 is 1.74. The fourth-order valence-electron chi connectivity index (χ4n) is 2.43. The first-order valence-corrected chi connectivity index (χ1v) is 7.82. The van der Waals surface area contributed by atoms with Crippen LogP contribution in [0.4, 0.5) is 5.82 Å². The van der Waals surface area contributed by atoms with E-state index in [9.17, 15) is 9.59 Å². The Bertz CT molecular complexity index is 717. The van der Waals surface area contributed by atoms with Gasteiger partial charge >= 0.3 is 0 Å². The van der Waals surface area contributed by atoms with Crippen LogP contribution in [0.1, 0.15) is 54.2 Å². The number of anilines is 1. The predicted octanol–water partition coefficient (Wildman–Crippen LogP) is 3.68. The van der Waals surface area contributed by atoms with Crippen molar-refractivity contribution >= 4 is 17.5 Å². The molecule has 122 valence electrons. The third kappa shape index (κ3) is 4.28. The summed E-state index contributed by atoms with van der Waals surface area (Å²) in [6, 6.07) is 7.71. The van der Waals surface area contributed by atoms with Crippen LogP contribution < -0.4 is 5.32 Å². The van der Waals surface area contributed by atoms with Crippen LogP contribution in [0.2, 0.25) is 0 Å². The van der Waals surface area contributed by atoms with E-state index in [1.54, 1.807) is 16.9 Å². The highest BCUT2D eigenvalue weighted by molar-refractivity contribution is 6.00. The Labute approximate surface area is 136 Å². The van der Waals surface area contributed by atoms with Crippen molar-refractivity contribution in [3.05, 3.63) is 47.2 Å². The molecular weight excluding hydrogens is 290 g/mol. The number of nitrogens with zero attached hydrogens (tertiary/aromatic N) is 2. The third-order valence-electron chi connectivity index (χ3n) is 3.70. The minimum Gasteiger partial charge on any atom is -0.311 e. The number of Topliss-reactive ketones (excluding diaryl/α,β-unsaturated/α-hetero) is 1. The molecule has 0 aliphatic heterocycles. The van der Waals surface area contributed by atoms with Crippen molar-refractivity contribution in [2.75, 3.05) is 5.32 Å². The molecule has 23 heavy (non-hydrogen) atoms. The van der Waals surface area contributed by atoms with Crippen molar-refractivity contribution in [1.82, 2.24) is 9.78 Å². The van der Waals surface area contributed by atoms with Gasteiger partial charge in [-0.3, -0.25) is 9.59 Å². The Morgan fingerprint density at radius 1 is 1.17 bits per heavy atom. The number of carbonyl (C=O) groups is 2. The van der Waals surface area contributed by atoms with E-state index < -0.39 is 0 Å². The molecule has 1 N–H and O–H groups in total. The van der Waals surface area contributed by atoms with Crippen molar-refractivity contribution in [2.24, 2.45) is 0 Å². The van der Waals surface area contributed by atoms with Crippen molar-refractivity contribution in [3.63, 3.8) is 0 Å². The van der Waals surface area contributed by atoms with E-state index >= 15 is 0 Å². The number of aromatic nitrogens is 2. The summed E-state index contributed by atoms with van der Waals surface area (Å²) in [6.07, 6.45) is 2.01. The minimum absolute atomic E-state index is 0.00119. The zero-order valence-corrected chi connectivity index (χ0v) is 14.1. The number of aryl methyl sites for hydroxylation is 2. The van der Waals surface area contributed by atoms with Crippen LogP contribution in [0.5, 0.6) is 0 Å². The molecular formula is C18H23N3O2. The molecule has 1 amide bonds. The first-order chi connectivity index (χ1) is 10.9. The van der Waals surface area contributed by atoms with Crippen molar-refractivity contribution in [1.29, 1.82) is 0 Å². The third-order valence-corrected chi connectivity index (χ3v) is 3.70. The van der Waals surface area contributed by atoms with E-state index in [4.69, 9.17) is 0 Å². The second kappa shape index (κ2) is 7.22. The first kappa shape index (κ1) is 16.9. The molecule has 0 saturated carbocycles. The maximum atomic E-state index is 12.3. The summed E-state index contributed by atoms with van der Waals surface area (Å²) in [5.41, 5.74) is 2.69. The molecule has 0 aliphatic rings. The number of ketones is 1. The number of benzene rings is 1. The average molecular weight is 313 g/mol. The van der Waals surface area contributed by atoms with E-state index in [0.717, 1.165) is 11.1 Å². The molecule has 2 rings (SSSR count). The lowest BCUT2D eigenvalue weighted by Crippen LogP contribution is -2.17. The van der Waals surface area contributed by atoms with Crippen LogP contribution in [-0.4, -0.2) is 21.5 Å². The Hall–Kier alpha value is -2.43. The summed E-state index contributed by atoms with van der Waals surface area (Å²) in [6.45, 7) is 7.85. The van der Waals surface area contributed by atoms with E-state index in [-0.39, 0.29) is 30.6 Å². The number of rotatable bonds is 6. The molecule has 2 aromatic rings. The number of carbonyl (C=O) groups excluding carboxylic acids is 2. The molecule has 5 heteroatoms. The maximum Gasteiger partial charge on any atom is 0.225 e. The highest BCUT2D eigenvalue weighted by Gasteiger charge is 2.14. The first-order valence-electron chi connectivity index (χ1n) is 7.82. The Morgan fingerprint density at radius 2 is 1.91 bits per heavy atom. The molecule has 0 atom stereocenters. The van der Waals surface area contributed by atoms with Crippen LogP contribution in [0, 0.1) is 13.8 Å². The molecule has 0 spiro atoms. The van der Waals surface area contributed by atoms with Gasteiger partial charge in [0.25, 0.3) is 0 Å².